The van der Waals surface area contributed by atoms with Crippen LogP contribution < -0.4 is 0 Å². The lowest BCUT2D eigenvalue weighted by Gasteiger charge is -2.09. The number of hydrogen-bond donors (Lipinski definition) is 0. The quantitative estimate of drug-likeness (QED) is 0.626. The van der Waals surface area contributed by atoms with Crippen LogP contribution in [0, 0.1) is 11.7 Å². The molecule has 2 rings (SSSR count). The van der Waals surface area contributed by atoms with Crippen LogP contribution in [0.2, 0.25) is 0 Å². The maximum atomic E-state index is 13.3. The number of benzene rings is 1. The SMILES string of the molecule is O=C(OCC1CCOC1)c1cc(F)cc(S(=O)(=O)Cl)c1. The van der Waals surface area contributed by atoms with Crippen LogP contribution >= 0.6 is 10.7 Å². The van der Waals surface area contributed by atoms with Gasteiger partial charge in [-0.15, -0.1) is 0 Å². The number of esters is 1. The third kappa shape index (κ3) is 3.91. The molecule has 1 saturated heterocycles. The second-order valence-corrected chi connectivity index (χ2v) is 7.01. The molecule has 20 heavy (non-hydrogen) atoms. The Bertz CT molecular complexity index is 610. The van der Waals surface area contributed by atoms with Crippen LogP contribution in [0.3, 0.4) is 0 Å². The number of rotatable bonds is 4. The van der Waals surface area contributed by atoms with Crippen LogP contribution in [0.25, 0.3) is 0 Å². The van der Waals surface area contributed by atoms with Gasteiger partial charge in [0, 0.05) is 23.2 Å². The molecule has 1 fully saturated rings. The number of ether oxygens (including phenoxy) is 2. The van der Waals surface area contributed by atoms with Crippen molar-refractivity contribution in [1.29, 1.82) is 0 Å². The Morgan fingerprint density at radius 1 is 1.45 bits per heavy atom. The van der Waals surface area contributed by atoms with E-state index in [0.717, 1.165) is 24.6 Å². The van der Waals surface area contributed by atoms with Crippen LogP contribution in [-0.2, 0) is 18.5 Å². The van der Waals surface area contributed by atoms with Crippen molar-refractivity contribution >= 4 is 25.7 Å². The first-order valence-corrected chi connectivity index (χ1v) is 8.17. The van der Waals surface area contributed by atoms with Crippen molar-refractivity contribution in [2.24, 2.45) is 5.92 Å². The molecule has 0 radical (unpaired) electrons. The van der Waals surface area contributed by atoms with Gasteiger partial charge in [0.15, 0.2) is 0 Å². The maximum Gasteiger partial charge on any atom is 0.338 e. The monoisotopic (exact) mass is 322 g/mol. The van der Waals surface area contributed by atoms with Gasteiger partial charge in [-0.25, -0.2) is 17.6 Å². The second-order valence-electron chi connectivity index (χ2n) is 4.44. The largest absolute Gasteiger partial charge is 0.462 e. The average molecular weight is 323 g/mol. The summed E-state index contributed by atoms with van der Waals surface area (Å²) in [7, 11) is 1.02. The predicted octanol–water partition coefficient (Wildman–Crippen LogP) is 1.95. The molecule has 1 atom stereocenters. The average Bonchev–Trinajstić information content (AvgIpc) is 2.87. The van der Waals surface area contributed by atoms with Crippen molar-refractivity contribution < 1.29 is 27.1 Å². The van der Waals surface area contributed by atoms with Gasteiger partial charge in [0.25, 0.3) is 9.05 Å². The van der Waals surface area contributed by atoms with Gasteiger partial charge in [-0.05, 0) is 24.6 Å². The van der Waals surface area contributed by atoms with Gasteiger partial charge in [0.1, 0.15) is 5.82 Å². The van der Waals surface area contributed by atoms with Crippen LogP contribution in [0.4, 0.5) is 4.39 Å². The zero-order valence-electron chi connectivity index (χ0n) is 10.3. The summed E-state index contributed by atoms with van der Waals surface area (Å²) < 4.78 is 45.8. The third-order valence-electron chi connectivity index (χ3n) is 2.86. The Morgan fingerprint density at radius 2 is 2.20 bits per heavy atom. The normalized spacial score (nSPS) is 19.0. The molecule has 0 aromatic heterocycles. The van der Waals surface area contributed by atoms with Crippen molar-refractivity contribution in [2.75, 3.05) is 19.8 Å². The van der Waals surface area contributed by atoms with Crippen LogP contribution in [0.1, 0.15) is 16.8 Å². The zero-order valence-corrected chi connectivity index (χ0v) is 11.9. The van der Waals surface area contributed by atoms with Gasteiger partial charge < -0.3 is 9.47 Å². The van der Waals surface area contributed by atoms with E-state index >= 15 is 0 Å². The van der Waals surface area contributed by atoms with E-state index in [9.17, 15) is 17.6 Å². The topological polar surface area (TPSA) is 69.7 Å². The molecule has 0 aliphatic carbocycles. The van der Waals surface area contributed by atoms with E-state index in [4.69, 9.17) is 20.2 Å². The van der Waals surface area contributed by atoms with Gasteiger partial charge in [0.2, 0.25) is 0 Å². The molecule has 8 heteroatoms. The number of carbonyl (C=O) groups is 1. The van der Waals surface area contributed by atoms with Crippen molar-refractivity contribution in [3.05, 3.63) is 29.6 Å². The Kier molecular flexibility index (Phi) is 4.62. The summed E-state index contributed by atoms with van der Waals surface area (Å²) in [6, 6.07) is 2.63. The molecular formula is C12H12ClFO5S. The van der Waals surface area contributed by atoms with Crippen LogP contribution in [0.5, 0.6) is 0 Å². The summed E-state index contributed by atoms with van der Waals surface area (Å²) in [5, 5.41) is 0. The van der Waals surface area contributed by atoms with E-state index in [0.29, 0.717) is 13.2 Å². The number of halogens is 2. The van der Waals surface area contributed by atoms with Crippen LogP contribution in [0.15, 0.2) is 23.1 Å². The fourth-order valence-electron chi connectivity index (χ4n) is 1.81. The highest BCUT2D eigenvalue weighted by Crippen LogP contribution is 2.20. The number of carbonyl (C=O) groups excluding carboxylic acids is 1. The van der Waals surface area contributed by atoms with Gasteiger partial charge in [0.05, 0.1) is 23.7 Å². The molecule has 5 nitrogen and oxygen atoms in total. The first kappa shape index (κ1) is 15.2. The summed E-state index contributed by atoms with van der Waals surface area (Å²) in [6.45, 7) is 1.28. The minimum absolute atomic E-state index is 0.115. The molecule has 0 saturated carbocycles. The fourth-order valence-corrected chi connectivity index (χ4v) is 2.60. The molecule has 1 aromatic carbocycles. The first-order valence-electron chi connectivity index (χ1n) is 5.86. The Balaban J connectivity index is 2.11. The van der Waals surface area contributed by atoms with Crippen molar-refractivity contribution in [2.45, 2.75) is 11.3 Å². The minimum Gasteiger partial charge on any atom is -0.462 e. The zero-order chi connectivity index (χ0) is 14.8. The summed E-state index contributed by atoms with van der Waals surface area (Å²) in [5.41, 5.74) is -0.192. The highest BCUT2D eigenvalue weighted by atomic mass is 35.7. The lowest BCUT2D eigenvalue weighted by Crippen LogP contribution is -2.14. The van der Waals surface area contributed by atoms with Crippen LogP contribution in [-0.4, -0.2) is 34.2 Å². The Hall–Kier alpha value is -1.18. The molecule has 0 spiro atoms. The van der Waals surface area contributed by atoms with Gasteiger partial charge in [-0.3, -0.25) is 0 Å². The molecule has 0 bridgehead atoms. The number of hydrogen-bond acceptors (Lipinski definition) is 5. The summed E-state index contributed by atoms with van der Waals surface area (Å²) >= 11 is 0. The summed E-state index contributed by atoms with van der Waals surface area (Å²) in [4.78, 5) is 11.3. The van der Waals surface area contributed by atoms with E-state index in [1.807, 2.05) is 0 Å². The van der Waals surface area contributed by atoms with E-state index in [1.54, 1.807) is 0 Å². The second kappa shape index (κ2) is 6.07. The minimum atomic E-state index is -4.11. The first-order chi connectivity index (χ1) is 9.36. The molecular weight excluding hydrogens is 311 g/mol. The Labute approximate surface area is 120 Å². The molecule has 1 unspecified atom stereocenters. The lowest BCUT2D eigenvalue weighted by atomic mass is 10.1. The molecule has 110 valence electrons. The lowest BCUT2D eigenvalue weighted by molar-refractivity contribution is 0.0427. The van der Waals surface area contributed by atoms with E-state index in [-0.39, 0.29) is 18.1 Å². The van der Waals surface area contributed by atoms with Gasteiger partial charge in [-0.2, -0.15) is 0 Å². The van der Waals surface area contributed by atoms with Gasteiger partial charge >= 0.3 is 5.97 Å². The maximum absolute atomic E-state index is 13.3. The highest BCUT2D eigenvalue weighted by Gasteiger charge is 2.20. The van der Waals surface area contributed by atoms with Gasteiger partial charge in [-0.1, -0.05) is 0 Å². The molecule has 0 N–H and O–H groups in total. The molecule has 1 aliphatic rings. The summed E-state index contributed by atoms with van der Waals surface area (Å²) in [5.74, 6) is -1.55. The van der Waals surface area contributed by atoms with E-state index in [1.165, 1.54) is 0 Å². The highest BCUT2D eigenvalue weighted by molar-refractivity contribution is 8.13. The predicted molar refractivity (Wildman–Crippen MR) is 68.6 cm³/mol. The smallest absolute Gasteiger partial charge is 0.338 e. The van der Waals surface area contributed by atoms with Crippen molar-refractivity contribution in [3.63, 3.8) is 0 Å². The molecule has 1 aromatic rings. The Morgan fingerprint density at radius 3 is 2.80 bits per heavy atom. The van der Waals surface area contributed by atoms with Crippen molar-refractivity contribution in [1.82, 2.24) is 0 Å². The molecule has 1 aliphatic heterocycles. The van der Waals surface area contributed by atoms with E-state index < -0.39 is 25.7 Å². The van der Waals surface area contributed by atoms with Crippen molar-refractivity contribution in [3.8, 4) is 0 Å². The molecule has 0 amide bonds. The third-order valence-corrected chi connectivity index (χ3v) is 4.20. The fraction of sp³-hybridized carbons (Fsp3) is 0.417. The summed E-state index contributed by atoms with van der Waals surface area (Å²) in [6.07, 6.45) is 0.789. The molecule has 1 heterocycles. The standard InChI is InChI=1S/C12H12ClFO5S/c13-20(16,17)11-4-9(3-10(14)5-11)12(15)19-7-8-1-2-18-6-8/h3-5,8H,1-2,6-7H2. The van der Waals surface area contributed by atoms with E-state index in [2.05, 4.69) is 0 Å².